The number of aryl methyl sites for hydroxylation is 1. The van der Waals surface area contributed by atoms with Crippen LogP contribution in [0.1, 0.15) is 50.9 Å². The van der Waals surface area contributed by atoms with Crippen LogP contribution in [0.15, 0.2) is 24.3 Å². The SMILES string of the molecule is CC.CC/C=C(\C)c1cc(Nc2nc(C)cc(N(C)C)n2)cc2c1OCC2. The van der Waals surface area contributed by atoms with Crippen molar-refractivity contribution in [3.8, 4) is 5.75 Å². The van der Waals surface area contributed by atoms with E-state index < -0.39 is 0 Å². The highest BCUT2D eigenvalue weighted by molar-refractivity contribution is 5.76. The van der Waals surface area contributed by atoms with E-state index in [1.54, 1.807) is 0 Å². The predicted molar refractivity (Wildman–Crippen MR) is 115 cm³/mol. The first kappa shape index (κ1) is 20.7. The van der Waals surface area contributed by atoms with Crippen molar-refractivity contribution < 1.29 is 4.74 Å². The van der Waals surface area contributed by atoms with E-state index in [4.69, 9.17) is 4.74 Å². The normalized spacial score (nSPS) is 12.6. The Morgan fingerprint density at radius 3 is 2.63 bits per heavy atom. The summed E-state index contributed by atoms with van der Waals surface area (Å²) in [6, 6.07) is 6.25. The summed E-state index contributed by atoms with van der Waals surface area (Å²) < 4.78 is 5.87. The summed E-state index contributed by atoms with van der Waals surface area (Å²) in [7, 11) is 3.96. The van der Waals surface area contributed by atoms with Gasteiger partial charge in [-0.25, -0.2) is 4.98 Å². The van der Waals surface area contributed by atoms with Gasteiger partial charge in [0.25, 0.3) is 0 Å². The quantitative estimate of drug-likeness (QED) is 0.769. The van der Waals surface area contributed by atoms with Crippen LogP contribution in [0.4, 0.5) is 17.5 Å². The molecule has 0 unspecified atom stereocenters. The van der Waals surface area contributed by atoms with Crippen LogP contribution in [0.3, 0.4) is 0 Å². The second-order valence-corrected chi connectivity index (χ2v) is 6.62. The summed E-state index contributed by atoms with van der Waals surface area (Å²) in [5.41, 5.74) is 5.57. The summed E-state index contributed by atoms with van der Waals surface area (Å²) in [6.45, 7) is 11.0. The second-order valence-electron chi connectivity index (χ2n) is 6.62. The van der Waals surface area contributed by atoms with Gasteiger partial charge in [-0.15, -0.1) is 0 Å². The Kier molecular flexibility index (Phi) is 7.22. The van der Waals surface area contributed by atoms with Crippen LogP contribution in [-0.4, -0.2) is 30.7 Å². The minimum atomic E-state index is 0.616. The molecule has 3 rings (SSSR count). The molecule has 2 heterocycles. The average Bonchev–Trinajstić information content (AvgIpc) is 3.11. The lowest BCUT2D eigenvalue weighted by molar-refractivity contribution is 0.356. The molecule has 0 radical (unpaired) electrons. The highest BCUT2D eigenvalue weighted by atomic mass is 16.5. The van der Waals surface area contributed by atoms with Gasteiger partial charge in [-0.3, -0.25) is 0 Å². The Bertz CT molecular complexity index is 812. The first-order valence-corrected chi connectivity index (χ1v) is 9.74. The van der Waals surface area contributed by atoms with E-state index in [0.29, 0.717) is 5.95 Å². The zero-order chi connectivity index (χ0) is 20.0. The molecular formula is C22H32N4O. The van der Waals surface area contributed by atoms with E-state index in [1.165, 1.54) is 11.1 Å². The number of nitrogens with one attached hydrogen (secondary N) is 1. The topological polar surface area (TPSA) is 50.3 Å². The van der Waals surface area contributed by atoms with Crippen molar-refractivity contribution in [1.82, 2.24) is 9.97 Å². The summed E-state index contributed by atoms with van der Waals surface area (Å²) >= 11 is 0. The number of fused-ring (bicyclic) bond motifs is 1. The van der Waals surface area contributed by atoms with Gasteiger partial charge in [0.05, 0.1) is 6.61 Å². The largest absolute Gasteiger partial charge is 0.492 e. The Morgan fingerprint density at radius 2 is 1.96 bits per heavy atom. The van der Waals surface area contributed by atoms with Gasteiger partial charge in [0.2, 0.25) is 5.95 Å². The van der Waals surface area contributed by atoms with E-state index in [0.717, 1.165) is 48.0 Å². The number of nitrogens with zero attached hydrogens (tertiary/aromatic N) is 3. The molecule has 1 aromatic heterocycles. The molecule has 0 amide bonds. The maximum atomic E-state index is 5.87. The fraction of sp³-hybridized carbons (Fsp3) is 0.455. The van der Waals surface area contributed by atoms with Crippen molar-refractivity contribution in [3.05, 3.63) is 41.1 Å². The molecule has 27 heavy (non-hydrogen) atoms. The van der Waals surface area contributed by atoms with Crippen LogP contribution in [0.5, 0.6) is 5.75 Å². The van der Waals surface area contributed by atoms with Crippen LogP contribution < -0.4 is 15.0 Å². The molecule has 0 aliphatic carbocycles. The van der Waals surface area contributed by atoms with Crippen molar-refractivity contribution in [2.45, 2.75) is 47.5 Å². The third-order valence-electron chi connectivity index (χ3n) is 4.27. The van der Waals surface area contributed by atoms with Crippen molar-refractivity contribution in [2.75, 3.05) is 30.9 Å². The number of rotatable bonds is 5. The Balaban J connectivity index is 0.00000126. The molecule has 0 spiro atoms. The molecular weight excluding hydrogens is 336 g/mol. The van der Waals surface area contributed by atoms with Gasteiger partial charge < -0.3 is 15.0 Å². The Morgan fingerprint density at radius 1 is 1.22 bits per heavy atom. The van der Waals surface area contributed by atoms with Crippen LogP contribution in [0.2, 0.25) is 0 Å². The molecule has 2 aromatic rings. The highest BCUT2D eigenvalue weighted by Gasteiger charge is 2.19. The van der Waals surface area contributed by atoms with Gasteiger partial charge in [0.1, 0.15) is 11.6 Å². The number of aromatic nitrogens is 2. The molecule has 0 fully saturated rings. The van der Waals surface area contributed by atoms with Gasteiger partial charge in [-0.1, -0.05) is 26.8 Å². The molecule has 5 nitrogen and oxygen atoms in total. The standard InChI is InChI=1S/C20H26N4O.C2H6/c1-6-7-13(2)17-12-16(11-15-8-9-25-19(15)17)22-20-21-14(3)10-18(23-20)24(4)5;1-2/h7,10-12H,6,8-9H2,1-5H3,(H,21,22,23);1-2H3/b13-7+;. The Labute approximate surface area is 163 Å². The lowest BCUT2D eigenvalue weighted by Gasteiger charge is -2.15. The van der Waals surface area contributed by atoms with Crippen LogP contribution in [-0.2, 0) is 6.42 Å². The lowest BCUT2D eigenvalue weighted by atomic mass is 10.0. The van der Waals surface area contributed by atoms with Crippen molar-refractivity contribution in [1.29, 1.82) is 0 Å². The third kappa shape index (κ3) is 5.00. The number of hydrogen-bond acceptors (Lipinski definition) is 5. The Hall–Kier alpha value is -2.56. The highest BCUT2D eigenvalue weighted by Crippen LogP contribution is 2.37. The molecule has 1 aliphatic heterocycles. The van der Waals surface area contributed by atoms with Crippen LogP contribution >= 0.6 is 0 Å². The van der Waals surface area contributed by atoms with Crippen LogP contribution in [0, 0.1) is 6.92 Å². The number of hydrogen-bond donors (Lipinski definition) is 1. The summed E-state index contributed by atoms with van der Waals surface area (Å²) in [5.74, 6) is 2.53. The summed E-state index contributed by atoms with van der Waals surface area (Å²) in [6.07, 6.45) is 4.18. The van der Waals surface area contributed by atoms with E-state index >= 15 is 0 Å². The average molecular weight is 369 g/mol. The lowest BCUT2D eigenvalue weighted by Crippen LogP contribution is -2.12. The monoisotopic (exact) mass is 368 g/mol. The van der Waals surface area contributed by atoms with Gasteiger partial charge >= 0.3 is 0 Å². The second kappa shape index (κ2) is 9.40. The maximum Gasteiger partial charge on any atom is 0.229 e. The number of benzene rings is 1. The smallest absolute Gasteiger partial charge is 0.229 e. The fourth-order valence-electron chi connectivity index (χ4n) is 3.06. The zero-order valence-electron chi connectivity index (χ0n) is 17.7. The third-order valence-corrected chi connectivity index (χ3v) is 4.27. The van der Waals surface area contributed by atoms with Crippen LogP contribution in [0.25, 0.3) is 5.57 Å². The summed E-state index contributed by atoms with van der Waals surface area (Å²) in [5, 5.41) is 3.38. The van der Waals surface area contributed by atoms with Gasteiger partial charge in [-0.05, 0) is 38.0 Å². The first-order valence-electron chi connectivity index (χ1n) is 9.74. The number of anilines is 3. The molecule has 0 bridgehead atoms. The van der Waals surface area contributed by atoms with Gasteiger partial charge in [0, 0.05) is 49.1 Å². The van der Waals surface area contributed by atoms with E-state index in [2.05, 4.69) is 47.3 Å². The summed E-state index contributed by atoms with van der Waals surface area (Å²) in [4.78, 5) is 11.1. The first-order chi connectivity index (χ1) is 13.0. The molecule has 0 saturated heterocycles. The molecule has 0 saturated carbocycles. The van der Waals surface area contributed by atoms with Gasteiger partial charge in [-0.2, -0.15) is 4.98 Å². The van der Waals surface area contributed by atoms with Crippen molar-refractivity contribution >= 4 is 23.0 Å². The van der Waals surface area contributed by atoms with E-state index in [1.807, 2.05) is 45.8 Å². The number of allylic oxidation sites excluding steroid dienone is 2. The molecule has 1 aromatic carbocycles. The minimum Gasteiger partial charge on any atom is -0.492 e. The van der Waals surface area contributed by atoms with Gasteiger partial charge in [0.15, 0.2) is 0 Å². The molecule has 1 N–H and O–H groups in total. The molecule has 0 atom stereocenters. The fourth-order valence-corrected chi connectivity index (χ4v) is 3.06. The molecule has 1 aliphatic rings. The molecule has 5 heteroatoms. The van der Waals surface area contributed by atoms with E-state index in [-0.39, 0.29) is 0 Å². The molecule has 146 valence electrons. The predicted octanol–water partition coefficient (Wildman–Crippen LogP) is 5.37. The van der Waals surface area contributed by atoms with Crippen molar-refractivity contribution in [2.24, 2.45) is 0 Å². The van der Waals surface area contributed by atoms with E-state index in [9.17, 15) is 0 Å². The minimum absolute atomic E-state index is 0.616. The number of ether oxygens (including phenoxy) is 1. The zero-order valence-corrected chi connectivity index (χ0v) is 17.7. The maximum absolute atomic E-state index is 5.87. The van der Waals surface area contributed by atoms with Crippen molar-refractivity contribution in [3.63, 3.8) is 0 Å².